The van der Waals surface area contributed by atoms with Crippen LogP contribution in [0.25, 0.3) is 0 Å². The largest absolute Gasteiger partial charge is 0.462 e. The third-order valence-corrected chi connectivity index (χ3v) is 9.21. The van der Waals surface area contributed by atoms with Gasteiger partial charge in [0.15, 0.2) is 0 Å². The maximum Gasteiger partial charge on any atom is 0.338 e. The van der Waals surface area contributed by atoms with Gasteiger partial charge in [0, 0.05) is 18.8 Å². The molecule has 0 amide bonds. The average molecular weight is 515 g/mol. The first-order valence-electron chi connectivity index (χ1n) is 12.7. The molecule has 0 radical (unpaired) electrons. The lowest BCUT2D eigenvalue weighted by atomic mass is 9.56. The van der Waals surface area contributed by atoms with Gasteiger partial charge in [-0.15, -0.1) is 0 Å². The van der Waals surface area contributed by atoms with Crippen molar-refractivity contribution in [3.63, 3.8) is 0 Å². The highest BCUT2D eigenvalue weighted by molar-refractivity contribution is 5.89. The molecule has 4 rings (SSSR count). The van der Waals surface area contributed by atoms with Crippen LogP contribution in [0.15, 0.2) is 53.6 Å². The summed E-state index contributed by atoms with van der Waals surface area (Å²) in [7, 11) is 0. The van der Waals surface area contributed by atoms with Crippen molar-refractivity contribution < 1.29 is 39.5 Å². The lowest BCUT2D eigenvalue weighted by Crippen LogP contribution is -2.59. The second-order valence-corrected chi connectivity index (χ2v) is 11.6. The van der Waals surface area contributed by atoms with Gasteiger partial charge >= 0.3 is 11.9 Å². The Morgan fingerprint density at radius 2 is 1.68 bits per heavy atom. The van der Waals surface area contributed by atoms with Crippen LogP contribution >= 0.6 is 0 Å². The Kier molecular flexibility index (Phi) is 6.95. The standard InChI is InChI=1S/C29H38O8/c1-15-19-13-29(27(4,5)35)14-21(32)16(2)23(29)24(33)25(37-26(34)18-10-8-7-9-11-18)28(19,6)22(12-20(15)31)36-17(3)30/h7-11,19-22,24-25,31-33,35H,1,12-14H2,2-6H3/t19-,20+,21+,22+,24-,25+,28+,29-/m1/s1. The van der Waals surface area contributed by atoms with Crippen LogP contribution in [-0.4, -0.2) is 68.5 Å². The molecule has 2 saturated carbocycles. The van der Waals surface area contributed by atoms with Gasteiger partial charge in [0.05, 0.1) is 28.8 Å². The average Bonchev–Trinajstić information content (AvgIpc) is 3.04. The maximum atomic E-state index is 13.3. The third kappa shape index (κ3) is 4.24. The topological polar surface area (TPSA) is 134 Å². The van der Waals surface area contributed by atoms with E-state index >= 15 is 0 Å². The molecule has 0 saturated heterocycles. The van der Waals surface area contributed by atoms with Crippen LogP contribution in [0.1, 0.15) is 64.2 Å². The highest BCUT2D eigenvalue weighted by Crippen LogP contribution is 2.64. The number of aliphatic hydroxyl groups is 4. The smallest absolute Gasteiger partial charge is 0.338 e. The highest BCUT2D eigenvalue weighted by Gasteiger charge is 2.67. The Hall–Kier alpha value is -2.52. The van der Waals surface area contributed by atoms with Gasteiger partial charge in [-0.1, -0.05) is 31.7 Å². The van der Waals surface area contributed by atoms with Crippen molar-refractivity contribution in [1.82, 2.24) is 0 Å². The summed E-state index contributed by atoms with van der Waals surface area (Å²) in [6.07, 6.45) is -5.15. The molecule has 202 valence electrons. The number of hydrogen-bond donors (Lipinski definition) is 4. The number of aliphatic hydroxyl groups excluding tert-OH is 3. The minimum Gasteiger partial charge on any atom is -0.462 e. The fraction of sp³-hybridized carbons (Fsp3) is 0.586. The lowest BCUT2D eigenvalue weighted by Gasteiger charge is -2.53. The fourth-order valence-corrected chi connectivity index (χ4v) is 7.05. The number of ether oxygens (including phenoxy) is 2. The quantitative estimate of drug-likeness (QED) is 0.356. The molecule has 0 aliphatic heterocycles. The van der Waals surface area contributed by atoms with Crippen molar-refractivity contribution in [3.8, 4) is 0 Å². The molecule has 37 heavy (non-hydrogen) atoms. The summed E-state index contributed by atoms with van der Waals surface area (Å²) < 4.78 is 11.8. The van der Waals surface area contributed by atoms with Gasteiger partial charge in [0.1, 0.15) is 18.3 Å². The van der Waals surface area contributed by atoms with Crippen molar-refractivity contribution in [2.45, 2.75) is 90.0 Å². The van der Waals surface area contributed by atoms with Gasteiger partial charge in [-0.05, 0) is 68.4 Å². The van der Waals surface area contributed by atoms with Gasteiger partial charge in [0.2, 0.25) is 0 Å². The second-order valence-electron chi connectivity index (χ2n) is 11.6. The molecule has 8 nitrogen and oxygen atoms in total. The van der Waals surface area contributed by atoms with E-state index in [1.54, 1.807) is 58.0 Å². The van der Waals surface area contributed by atoms with E-state index in [9.17, 15) is 30.0 Å². The summed E-state index contributed by atoms with van der Waals surface area (Å²) in [6, 6.07) is 8.37. The number of benzene rings is 1. The first-order valence-corrected chi connectivity index (χ1v) is 12.7. The van der Waals surface area contributed by atoms with Crippen molar-refractivity contribution in [1.29, 1.82) is 0 Å². The van der Waals surface area contributed by atoms with Crippen LogP contribution in [0.5, 0.6) is 0 Å². The third-order valence-electron chi connectivity index (χ3n) is 9.21. The van der Waals surface area contributed by atoms with Crippen LogP contribution in [0.2, 0.25) is 0 Å². The van der Waals surface area contributed by atoms with E-state index in [-0.39, 0.29) is 24.8 Å². The zero-order valence-electron chi connectivity index (χ0n) is 22.1. The summed E-state index contributed by atoms with van der Waals surface area (Å²) in [5, 5.41) is 45.5. The van der Waals surface area contributed by atoms with E-state index in [0.29, 0.717) is 16.7 Å². The lowest BCUT2D eigenvalue weighted by molar-refractivity contribution is -0.182. The normalized spacial score (nSPS) is 37.9. The van der Waals surface area contributed by atoms with Crippen LogP contribution in [0.4, 0.5) is 0 Å². The zero-order valence-corrected chi connectivity index (χ0v) is 22.1. The van der Waals surface area contributed by atoms with Gasteiger partial charge in [-0.2, -0.15) is 0 Å². The number of esters is 2. The molecular weight excluding hydrogens is 476 g/mol. The van der Waals surface area contributed by atoms with Gasteiger partial charge in [-0.3, -0.25) is 4.79 Å². The molecule has 0 unspecified atom stereocenters. The van der Waals surface area contributed by atoms with E-state index in [4.69, 9.17) is 9.47 Å². The van der Waals surface area contributed by atoms with E-state index in [2.05, 4.69) is 6.58 Å². The summed E-state index contributed by atoms with van der Waals surface area (Å²) in [5.74, 6) is -1.87. The Morgan fingerprint density at radius 3 is 2.24 bits per heavy atom. The minimum absolute atomic E-state index is 0.0215. The molecule has 0 heterocycles. The van der Waals surface area contributed by atoms with E-state index in [0.717, 1.165) is 0 Å². The Balaban J connectivity index is 1.96. The monoisotopic (exact) mass is 514 g/mol. The van der Waals surface area contributed by atoms with Gasteiger partial charge in [0.25, 0.3) is 0 Å². The second kappa shape index (κ2) is 9.34. The van der Waals surface area contributed by atoms with Crippen molar-refractivity contribution in [2.24, 2.45) is 16.7 Å². The molecule has 3 aliphatic carbocycles. The first kappa shape index (κ1) is 27.5. The van der Waals surface area contributed by atoms with E-state index in [1.165, 1.54) is 6.92 Å². The number of hydrogen-bond acceptors (Lipinski definition) is 8. The van der Waals surface area contributed by atoms with Crippen LogP contribution in [0.3, 0.4) is 0 Å². The van der Waals surface area contributed by atoms with E-state index < -0.39 is 64.8 Å². The molecule has 1 aromatic carbocycles. The van der Waals surface area contributed by atoms with Gasteiger partial charge in [-0.25, -0.2) is 4.79 Å². The Morgan fingerprint density at radius 1 is 1.05 bits per heavy atom. The number of fused-ring (bicyclic) bond motifs is 2. The molecule has 3 aliphatic rings. The number of carbonyl (C=O) groups excluding carboxylic acids is 2. The van der Waals surface area contributed by atoms with Crippen LogP contribution < -0.4 is 0 Å². The molecule has 0 bridgehead atoms. The SMILES string of the molecule is C=C1[C@H]2C[C@@]3(C(C)(C)O)C[C@H](O)C(C)=C3[C@@H](O)[C@H](OC(=O)c3ccccc3)[C@]2(C)[C@@H](OC(C)=O)C[C@@H]1O. The predicted molar refractivity (Wildman–Crippen MR) is 135 cm³/mol. The number of rotatable bonds is 4. The summed E-state index contributed by atoms with van der Waals surface area (Å²) in [5.41, 5.74) is -2.07. The van der Waals surface area contributed by atoms with Crippen molar-refractivity contribution >= 4 is 11.9 Å². The number of carbonyl (C=O) groups is 2. The molecule has 8 heteroatoms. The first-order chi connectivity index (χ1) is 17.1. The molecule has 0 aromatic heterocycles. The molecule has 4 N–H and O–H groups in total. The molecule has 1 aromatic rings. The van der Waals surface area contributed by atoms with Crippen molar-refractivity contribution in [3.05, 3.63) is 59.2 Å². The van der Waals surface area contributed by atoms with Gasteiger partial charge < -0.3 is 29.9 Å². The summed E-state index contributed by atoms with van der Waals surface area (Å²) in [4.78, 5) is 25.5. The molecule has 2 fully saturated rings. The molecule has 8 atom stereocenters. The summed E-state index contributed by atoms with van der Waals surface area (Å²) in [6.45, 7) is 12.2. The maximum absolute atomic E-state index is 13.3. The minimum atomic E-state index is -1.42. The summed E-state index contributed by atoms with van der Waals surface area (Å²) >= 11 is 0. The fourth-order valence-electron chi connectivity index (χ4n) is 7.05. The van der Waals surface area contributed by atoms with Crippen LogP contribution in [0, 0.1) is 16.7 Å². The van der Waals surface area contributed by atoms with Crippen molar-refractivity contribution in [2.75, 3.05) is 0 Å². The predicted octanol–water partition coefficient (Wildman–Crippen LogP) is 2.69. The molecule has 0 spiro atoms. The highest BCUT2D eigenvalue weighted by atomic mass is 16.6. The Labute approximate surface area is 217 Å². The van der Waals surface area contributed by atoms with E-state index in [1.807, 2.05) is 0 Å². The van der Waals surface area contributed by atoms with Crippen LogP contribution in [-0.2, 0) is 14.3 Å². The zero-order chi connectivity index (χ0) is 27.5. The molecular formula is C29H38O8. The Bertz CT molecular complexity index is 1120.